The molecule has 1 unspecified atom stereocenters. The highest BCUT2D eigenvalue weighted by molar-refractivity contribution is 6.13. The molecule has 0 spiro atoms. The molecule has 1 aliphatic rings. The Hall–Kier alpha value is -1.82. The van der Waals surface area contributed by atoms with Crippen molar-refractivity contribution in [2.45, 2.75) is 33.1 Å². The maximum atomic E-state index is 2.36. The smallest absolute Gasteiger partial charge is 0.00649 e. The van der Waals surface area contributed by atoms with Gasteiger partial charge in [-0.05, 0) is 70.0 Å². The lowest BCUT2D eigenvalue weighted by atomic mass is 9.78. The van der Waals surface area contributed by atoms with E-state index in [1.54, 1.807) is 5.56 Å². The zero-order valence-electron chi connectivity index (χ0n) is 11.7. The van der Waals surface area contributed by atoms with Crippen molar-refractivity contribution in [3.63, 3.8) is 0 Å². The van der Waals surface area contributed by atoms with E-state index >= 15 is 0 Å². The number of hydrogen-bond acceptors (Lipinski definition) is 0. The molecule has 0 aromatic heterocycles. The molecule has 0 N–H and O–H groups in total. The van der Waals surface area contributed by atoms with Gasteiger partial charge in [-0.3, -0.25) is 0 Å². The highest BCUT2D eigenvalue weighted by Crippen LogP contribution is 2.42. The summed E-state index contributed by atoms with van der Waals surface area (Å²) >= 11 is 0. The predicted octanol–water partition coefficient (Wildman–Crippen LogP) is 5.27. The van der Waals surface area contributed by atoms with Gasteiger partial charge in [0.15, 0.2) is 0 Å². The first kappa shape index (κ1) is 11.0. The number of hydrogen-bond donors (Lipinski definition) is 0. The molecule has 0 saturated heterocycles. The van der Waals surface area contributed by atoms with Crippen molar-refractivity contribution in [2.75, 3.05) is 0 Å². The first-order valence-electron chi connectivity index (χ1n) is 7.11. The summed E-state index contributed by atoms with van der Waals surface area (Å²) in [5, 5.41) is 5.85. The van der Waals surface area contributed by atoms with E-state index in [4.69, 9.17) is 0 Å². The minimum Gasteiger partial charge on any atom is -0.0584 e. The maximum absolute atomic E-state index is 2.36. The molecule has 0 bridgehead atoms. The van der Waals surface area contributed by atoms with Crippen LogP contribution in [0.1, 0.15) is 35.1 Å². The van der Waals surface area contributed by atoms with Crippen LogP contribution in [0.2, 0.25) is 0 Å². The molecule has 4 rings (SSSR count). The molecule has 0 heterocycles. The van der Waals surface area contributed by atoms with E-state index in [0.717, 1.165) is 0 Å². The quantitative estimate of drug-likeness (QED) is 0.474. The molecule has 3 aromatic carbocycles. The highest BCUT2D eigenvalue weighted by atomic mass is 14.3. The van der Waals surface area contributed by atoms with Gasteiger partial charge in [0.25, 0.3) is 0 Å². The van der Waals surface area contributed by atoms with Gasteiger partial charge in [-0.2, -0.15) is 0 Å². The first-order chi connectivity index (χ1) is 9.16. The molecular formula is C19H18. The van der Waals surface area contributed by atoms with Crippen LogP contribution in [0, 0.1) is 13.8 Å². The Kier molecular flexibility index (Phi) is 2.09. The molecule has 0 radical (unpaired) electrons. The van der Waals surface area contributed by atoms with E-state index in [0.29, 0.717) is 5.92 Å². The molecule has 19 heavy (non-hydrogen) atoms. The van der Waals surface area contributed by atoms with Gasteiger partial charge >= 0.3 is 0 Å². The second-order valence-corrected chi connectivity index (χ2v) is 6.03. The van der Waals surface area contributed by atoms with Gasteiger partial charge in [-0.25, -0.2) is 0 Å². The fourth-order valence-corrected chi connectivity index (χ4v) is 3.85. The van der Waals surface area contributed by atoms with E-state index in [-0.39, 0.29) is 0 Å². The Morgan fingerprint density at radius 2 is 1.58 bits per heavy atom. The van der Waals surface area contributed by atoms with E-state index in [2.05, 4.69) is 57.2 Å². The molecule has 0 saturated carbocycles. The van der Waals surface area contributed by atoms with Crippen molar-refractivity contribution < 1.29 is 0 Å². The minimum atomic E-state index is 0.629. The largest absolute Gasteiger partial charge is 0.0584 e. The monoisotopic (exact) mass is 246 g/mol. The van der Waals surface area contributed by atoms with Crippen LogP contribution in [0.25, 0.3) is 21.5 Å². The summed E-state index contributed by atoms with van der Waals surface area (Å²) in [5.41, 5.74) is 5.93. The van der Waals surface area contributed by atoms with Crippen molar-refractivity contribution in [3.8, 4) is 0 Å². The molecule has 0 aliphatic heterocycles. The topological polar surface area (TPSA) is 0 Å². The van der Waals surface area contributed by atoms with Crippen LogP contribution in [0.5, 0.6) is 0 Å². The van der Waals surface area contributed by atoms with Crippen LogP contribution in [0.3, 0.4) is 0 Å². The number of rotatable bonds is 0. The SMILES string of the molecule is Cc1ccc2ccc3c(C)ccc4c3c2c1C(C)C4. The molecule has 94 valence electrons. The van der Waals surface area contributed by atoms with Crippen LogP contribution in [0.15, 0.2) is 36.4 Å². The van der Waals surface area contributed by atoms with Gasteiger partial charge in [0.1, 0.15) is 0 Å². The van der Waals surface area contributed by atoms with Gasteiger partial charge < -0.3 is 0 Å². The number of benzene rings is 3. The summed E-state index contributed by atoms with van der Waals surface area (Å²) in [4.78, 5) is 0. The Morgan fingerprint density at radius 3 is 2.42 bits per heavy atom. The molecule has 0 heteroatoms. The van der Waals surface area contributed by atoms with E-state index in [1.165, 1.54) is 44.7 Å². The Balaban J connectivity index is 2.37. The lowest BCUT2D eigenvalue weighted by molar-refractivity contribution is 0.758. The lowest BCUT2D eigenvalue weighted by Crippen LogP contribution is -2.08. The molecule has 3 aromatic rings. The average Bonchev–Trinajstić information content (AvgIpc) is 2.41. The molecular weight excluding hydrogens is 228 g/mol. The Labute approximate surface area is 114 Å². The summed E-state index contributed by atoms with van der Waals surface area (Å²) in [6, 6.07) is 13.7. The summed E-state index contributed by atoms with van der Waals surface area (Å²) in [6.07, 6.45) is 1.17. The summed E-state index contributed by atoms with van der Waals surface area (Å²) in [6.45, 7) is 6.84. The third kappa shape index (κ3) is 1.35. The van der Waals surface area contributed by atoms with E-state index in [9.17, 15) is 0 Å². The van der Waals surface area contributed by atoms with Crippen LogP contribution in [0.4, 0.5) is 0 Å². The predicted molar refractivity (Wildman–Crippen MR) is 83.0 cm³/mol. The van der Waals surface area contributed by atoms with Gasteiger partial charge in [-0.1, -0.05) is 43.3 Å². The van der Waals surface area contributed by atoms with Crippen LogP contribution >= 0.6 is 0 Å². The molecule has 1 aliphatic carbocycles. The zero-order chi connectivity index (χ0) is 13.1. The summed E-state index contributed by atoms with van der Waals surface area (Å²) in [5.74, 6) is 0.629. The van der Waals surface area contributed by atoms with Crippen molar-refractivity contribution >= 4 is 21.5 Å². The summed E-state index contributed by atoms with van der Waals surface area (Å²) < 4.78 is 0. The van der Waals surface area contributed by atoms with Gasteiger partial charge in [0, 0.05) is 0 Å². The fourth-order valence-electron chi connectivity index (χ4n) is 3.85. The second kappa shape index (κ2) is 3.60. The molecule has 0 nitrogen and oxygen atoms in total. The molecule has 0 amide bonds. The Morgan fingerprint density at radius 1 is 0.842 bits per heavy atom. The third-order valence-electron chi connectivity index (χ3n) is 4.74. The minimum absolute atomic E-state index is 0.629. The van der Waals surface area contributed by atoms with Crippen LogP contribution in [-0.2, 0) is 6.42 Å². The maximum Gasteiger partial charge on any atom is -0.00649 e. The third-order valence-corrected chi connectivity index (χ3v) is 4.74. The van der Waals surface area contributed by atoms with Crippen molar-refractivity contribution in [1.29, 1.82) is 0 Å². The van der Waals surface area contributed by atoms with Crippen molar-refractivity contribution in [2.24, 2.45) is 0 Å². The normalized spacial score (nSPS) is 17.5. The van der Waals surface area contributed by atoms with Crippen molar-refractivity contribution in [1.82, 2.24) is 0 Å². The summed E-state index contributed by atoms with van der Waals surface area (Å²) in [7, 11) is 0. The zero-order valence-corrected chi connectivity index (χ0v) is 11.7. The highest BCUT2D eigenvalue weighted by Gasteiger charge is 2.22. The lowest BCUT2D eigenvalue weighted by Gasteiger charge is -2.26. The van der Waals surface area contributed by atoms with E-state index in [1.807, 2.05) is 0 Å². The second-order valence-electron chi connectivity index (χ2n) is 6.03. The molecule has 0 fully saturated rings. The van der Waals surface area contributed by atoms with Crippen LogP contribution < -0.4 is 0 Å². The van der Waals surface area contributed by atoms with Gasteiger partial charge in [-0.15, -0.1) is 0 Å². The van der Waals surface area contributed by atoms with E-state index < -0.39 is 0 Å². The molecule has 1 atom stereocenters. The standard InChI is InChI=1S/C19H18/c1-11-4-7-15-10-13(3)17-12(2)5-6-14-8-9-16(11)18(15)19(14)17/h4-9,13H,10H2,1-3H3. The fraction of sp³-hybridized carbons (Fsp3) is 0.263. The Bertz CT molecular complexity index is 824. The van der Waals surface area contributed by atoms with Gasteiger partial charge in [0.2, 0.25) is 0 Å². The van der Waals surface area contributed by atoms with Crippen molar-refractivity contribution in [3.05, 3.63) is 58.7 Å². The number of aryl methyl sites for hydroxylation is 2. The average molecular weight is 246 g/mol. The van der Waals surface area contributed by atoms with Gasteiger partial charge in [0.05, 0.1) is 0 Å². The first-order valence-corrected chi connectivity index (χ1v) is 7.11. The van der Waals surface area contributed by atoms with Crippen LogP contribution in [-0.4, -0.2) is 0 Å².